The molecule has 0 bridgehead atoms. The van der Waals surface area contributed by atoms with Crippen molar-refractivity contribution in [2.75, 3.05) is 13.7 Å². The molecule has 0 spiro atoms. The van der Waals surface area contributed by atoms with Crippen LogP contribution < -0.4 is 14.8 Å². The number of imide groups is 1. The third kappa shape index (κ3) is 5.92. The van der Waals surface area contributed by atoms with Gasteiger partial charge in [0, 0.05) is 5.56 Å². The Labute approximate surface area is 204 Å². The molecule has 2 aromatic rings. The van der Waals surface area contributed by atoms with Crippen LogP contribution in [0.2, 0.25) is 0 Å². The molecule has 0 saturated carbocycles. The van der Waals surface area contributed by atoms with Crippen molar-refractivity contribution in [3.05, 3.63) is 65.3 Å². The maximum Gasteiger partial charge on any atom is 0.373 e. The van der Waals surface area contributed by atoms with Crippen LogP contribution in [-0.2, 0) is 22.5 Å². The molecule has 0 aliphatic carbocycles. The van der Waals surface area contributed by atoms with Crippen molar-refractivity contribution in [3.8, 4) is 11.5 Å². The lowest BCUT2D eigenvalue weighted by Gasteiger charge is -2.20. The Bertz CT molecular complexity index is 1150. The van der Waals surface area contributed by atoms with Crippen LogP contribution in [0, 0.1) is 0 Å². The lowest BCUT2D eigenvalue weighted by atomic mass is 10.0. The normalized spacial score (nSPS) is 15.2. The van der Waals surface area contributed by atoms with Gasteiger partial charge in [0.2, 0.25) is 5.76 Å². The molecule has 1 saturated heterocycles. The largest absolute Gasteiger partial charge is 0.490 e. The van der Waals surface area contributed by atoms with Crippen LogP contribution in [0.15, 0.2) is 47.0 Å². The van der Waals surface area contributed by atoms with Crippen LogP contribution in [0.3, 0.4) is 0 Å². The number of esters is 1. The molecule has 0 unspecified atom stereocenters. The number of methoxy groups -OCH3 is 1. The van der Waals surface area contributed by atoms with Crippen LogP contribution >= 0.6 is 0 Å². The number of hydrogen-bond donors (Lipinski definition) is 1. The summed E-state index contributed by atoms with van der Waals surface area (Å²) >= 11 is 0. The van der Waals surface area contributed by atoms with Gasteiger partial charge in [-0.25, -0.2) is 9.59 Å². The number of nitrogens with one attached hydrogen (secondary N) is 1. The Morgan fingerprint density at radius 3 is 2.69 bits per heavy atom. The summed E-state index contributed by atoms with van der Waals surface area (Å²) in [5.41, 5.74) is 1.63. The summed E-state index contributed by atoms with van der Waals surface area (Å²) in [5.74, 6) is 0.297. The van der Waals surface area contributed by atoms with E-state index in [-0.39, 0.29) is 29.9 Å². The van der Waals surface area contributed by atoms with E-state index in [2.05, 4.69) is 16.6 Å². The first kappa shape index (κ1) is 25.6. The predicted octanol–water partition coefficient (Wildman–Crippen LogP) is 4.46. The van der Waals surface area contributed by atoms with E-state index in [0.29, 0.717) is 30.1 Å². The second-order valence-electron chi connectivity index (χ2n) is 7.91. The molecule has 9 heteroatoms. The summed E-state index contributed by atoms with van der Waals surface area (Å²) in [6, 6.07) is 6.01. The maximum atomic E-state index is 13.0. The number of ether oxygens (including phenoxy) is 3. The number of urea groups is 1. The second kappa shape index (κ2) is 11.4. The van der Waals surface area contributed by atoms with Gasteiger partial charge < -0.3 is 23.9 Å². The molecule has 1 aliphatic rings. The highest BCUT2D eigenvalue weighted by atomic mass is 16.5. The standard InChI is InChI=1S/C26H30N2O7/c1-6-9-18-12-17(14-22(33-8-3)23(18)34-16(4)7-2)13-20-24(29)28(26(31)27-20)15-19-10-11-21(35-19)25(30)32-5/h6,10-14,16H,1,7-9,15H2,2-5H3,(H,27,31)/b20-13-/t16-/m1/s1. The van der Waals surface area contributed by atoms with Gasteiger partial charge in [-0.3, -0.25) is 9.69 Å². The van der Waals surface area contributed by atoms with Crippen molar-refractivity contribution in [2.24, 2.45) is 0 Å². The van der Waals surface area contributed by atoms with Gasteiger partial charge in [-0.15, -0.1) is 6.58 Å². The molecule has 3 amide bonds. The van der Waals surface area contributed by atoms with E-state index in [0.717, 1.165) is 16.9 Å². The van der Waals surface area contributed by atoms with E-state index in [1.807, 2.05) is 26.8 Å². The minimum Gasteiger partial charge on any atom is -0.490 e. The number of hydrogen-bond acceptors (Lipinski definition) is 7. The average Bonchev–Trinajstić information content (AvgIpc) is 3.41. The van der Waals surface area contributed by atoms with Crippen molar-refractivity contribution in [3.63, 3.8) is 0 Å². The summed E-state index contributed by atoms with van der Waals surface area (Å²) in [7, 11) is 1.24. The van der Waals surface area contributed by atoms with Crippen LogP contribution in [0.25, 0.3) is 6.08 Å². The molecule has 1 aromatic carbocycles. The third-order valence-corrected chi connectivity index (χ3v) is 5.35. The number of benzene rings is 1. The molecular weight excluding hydrogens is 452 g/mol. The summed E-state index contributed by atoms with van der Waals surface area (Å²) in [4.78, 5) is 38.0. The van der Waals surface area contributed by atoms with Gasteiger partial charge in [-0.1, -0.05) is 13.0 Å². The fourth-order valence-corrected chi connectivity index (χ4v) is 3.47. The van der Waals surface area contributed by atoms with Gasteiger partial charge in [0.1, 0.15) is 11.5 Å². The summed E-state index contributed by atoms with van der Waals surface area (Å²) in [6.45, 7) is 10.0. The maximum absolute atomic E-state index is 13.0. The number of furan rings is 1. The first-order chi connectivity index (χ1) is 16.8. The zero-order valence-electron chi connectivity index (χ0n) is 20.4. The molecule has 1 N–H and O–H groups in total. The van der Waals surface area contributed by atoms with E-state index >= 15 is 0 Å². The van der Waals surface area contributed by atoms with E-state index in [9.17, 15) is 14.4 Å². The summed E-state index contributed by atoms with van der Waals surface area (Å²) in [6.07, 6.45) is 4.72. The number of carbonyl (C=O) groups excluding carboxylic acids is 3. The highest BCUT2D eigenvalue weighted by Crippen LogP contribution is 2.36. The van der Waals surface area contributed by atoms with E-state index in [1.54, 1.807) is 18.2 Å². The molecule has 186 valence electrons. The summed E-state index contributed by atoms with van der Waals surface area (Å²) in [5, 5.41) is 2.60. The van der Waals surface area contributed by atoms with Crippen LogP contribution in [0.1, 0.15) is 54.6 Å². The van der Waals surface area contributed by atoms with Crippen LogP contribution in [0.4, 0.5) is 4.79 Å². The number of carbonyl (C=O) groups is 3. The minimum atomic E-state index is -0.643. The molecule has 1 fully saturated rings. The average molecular weight is 483 g/mol. The van der Waals surface area contributed by atoms with Crippen LogP contribution in [-0.4, -0.2) is 42.6 Å². The smallest absolute Gasteiger partial charge is 0.373 e. The lowest BCUT2D eigenvalue weighted by Crippen LogP contribution is -2.30. The molecule has 1 aliphatic heterocycles. The molecule has 2 heterocycles. The van der Waals surface area contributed by atoms with Crippen molar-refractivity contribution in [1.82, 2.24) is 10.2 Å². The summed E-state index contributed by atoms with van der Waals surface area (Å²) < 4.78 is 21.9. The molecule has 9 nitrogen and oxygen atoms in total. The first-order valence-electron chi connectivity index (χ1n) is 11.4. The Hall–Kier alpha value is -4.01. The predicted molar refractivity (Wildman–Crippen MR) is 129 cm³/mol. The highest BCUT2D eigenvalue weighted by molar-refractivity contribution is 6.13. The number of amides is 3. The number of rotatable bonds is 11. The topological polar surface area (TPSA) is 107 Å². The van der Waals surface area contributed by atoms with Crippen LogP contribution in [0.5, 0.6) is 11.5 Å². The van der Waals surface area contributed by atoms with E-state index in [4.69, 9.17) is 13.9 Å². The van der Waals surface area contributed by atoms with Gasteiger partial charge in [0.15, 0.2) is 11.5 Å². The third-order valence-electron chi connectivity index (χ3n) is 5.35. The van der Waals surface area contributed by atoms with Gasteiger partial charge >= 0.3 is 12.0 Å². The van der Waals surface area contributed by atoms with Crippen molar-refractivity contribution in [2.45, 2.75) is 46.3 Å². The monoisotopic (exact) mass is 482 g/mol. The lowest BCUT2D eigenvalue weighted by molar-refractivity contribution is -0.123. The molecule has 1 atom stereocenters. The van der Waals surface area contributed by atoms with Crippen molar-refractivity contribution in [1.29, 1.82) is 0 Å². The van der Waals surface area contributed by atoms with Gasteiger partial charge in [0.05, 0.1) is 26.4 Å². The first-order valence-corrected chi connectivity index (χ1v) is 11.4. The minimum absolute atomic E-state index is 0.00692. The van der Waals surface area contributed by atoms with Crippen molar-refractivity contribution < 1.29 is 33.0 Å². The quantitative estimate of drug-likeness (QED) is 0.218. The molecule has 3 rings (SSSR count). The molecule has 1 aromatic heterocycles. The van der Waals surface area contributed by atoms with Gasteiger partial charge in [-0.2, -0.15) is 0 Å². The zero-order valence-corrected chi connectivity index (χ0v) is 20.4. The zero-order chi connectivity index (χ0) is 25.5. The Morgan fingerprint density at radius 1 is 1.26 bits per heavy atom. The fourth-order valence-electron chi connectivity index (χ4n) is 3.47. The Kier molecular flexibility index (Phi) is 8.35. The SMILES string of the molecule is C=CCc1cc(/C=C2\NC(=O)N(Cc3ccc(C(=O)OC)o3)C2=O)cc(OCC)c1O[C@H](C)CC. The fraction of sp³-hybridized carbons (Fsp3) is 0.346. The van der Waals surface area contributed by atoms with Gasteiger partial charge in [0.25, 0.3) is 5.91 Å². The molecule has 0 radical (unpaired) electrons. The second-order valence-corrected chi connectivity index (χ2v) is 7.91. The highest BCUT2D eigenvalue weighted by Gasteiger charge is 2.34. The molecule has 35 heavy (non-hydrogen) atoms. The van der Waals surface area contributed by atoms with Crippen molar-refractivity contribution >= 4 is 24.0 Å². The Morgan fingerprint density at radius 2 is 2.03 bits per heavy atom. The van der Waals surface area contributed by atoms with Gasteiger partial charge in [-0.05, 0) is 62.6 Å². The number of allylic oxidation sites excluding steroid dienone is 1. The number of nitrogens with zero attached hydrogens (tertiary/aromatic N) is 1. The Balaban J connectivity index is 1.89. The van der Waals surface area contributed by atoms with E-state index < -0.39 is 17.9 Å². The molecular formula is C26H30N2O7. The van der Waals surface area contributed by atoms with E-state index in [1.165, 1.54) is 19.2 Å².